The second kappa shape index (κ2) is 3.35. The molecule has 1 aromatic heterocycles. The summed E-state index contributed by atoms with van der Waals surface area (Å²) < 4.78 is 5.20. The van der Waals surface area contributed by atoms with Gasteiger partial charge in [0.25, 0.3) is 0 Å². The van der Waals surface area contributed by atoms with Gasteiger partial charge in [-0.05, 0) is 19.3 Å². The highest BCUT2D eigenvalue weighted by molar-refractivity contribution is 5.08. The second-order valence-electron chi connectivity index (χ2n) is 4.46. The molecule has 4 nitrogen and oxygen atoms in total. The maximum Gasteiger partial charge on any atom is 0.231 e. The van der Waals surface area contributed by atoms with Gasteiger partial charge in [-0.3, -0.25) is 0 Å². The molecule has 2 N–H and O–H groups in total. The minimum Gasteiger partial charge on any atom is -0.339 e. The molecule has 0 aromatic carbocycles. The van der Waals surface area contributed by atoms with Crippen molar-refractivity contribution in [2.45, 2.75) is 45.1 Å². The molecule has 2 rings (SSSR count). The summed E-state index contributed by atoms with van der Waals surface area (Å²) in [6.07, 6.45) is 1.19. The molecular weight excluding hydrogens is 178 g/mol. The molecule has 0 amide bonds. The lowest BCUT2D eigenvalue weighted by molar-refractivity contribution is 0.343. The van der Waals surface area contributed by atoms with E-state index < -0.39 is 0 Å². The zero-order valence-electron chi connectivity index (χ0n) is 8.90. The first-order chi connectivity index (χ1) is 6.59. The summed E-state index contributed by atoms with van der Waals surface area (Å²) in [5.41, 5.74) is 5.77. The van der Waals surface area contributed by atoms with E-state index in [0.29, 0.717) is 17.7 Å². The molecule has 1 aliphatic rings. The van der Waals surface area contributed by atoms with Gasteiger partial charge in [0.2, 0.25) is 5.89 Å². The van der Waals surface area contributed by atoms with Gasteiger partial charge in [-0.15, -0.1) is 0 Å². The van der Waals surface area contributed by atoms with Crippen LogP contribution in [0.2, 0.25) is 0 Å². The summed E-state index contributed by atoms with van der Waals surface area (Å²) in [6.45, 7) is 6.17. The van der Waals surface area contributed by atoms with E-state index in [9.17, 15) is 0 Å². The predicted octanol–water partition coefficient (Wildman–Crippen LogP) is 1.64. The molecule has 0 aliphatic heterocycles. The van der Waals surface area contributed by atoms with Crippen LogP contribution in [0.25, 0.3) is 0 Å². The van der Waals surface area contributed by atoms with Crippen LogP contribution in [-0.4, -0.2) is 16.2 Å². The van der Waals surface area contributed by atoms with Crippen molar-refractivity contribution in [3.8, 4) is 0 Å². The fraction of sp³-hybridized carbons (Fsp3) is 0.800. The van der Waals surface area contributed by atoms with Crippen LogP contribution in [0.5, 0.6) is 0 Å². The van der Waals surface area contributed by atoms with Crippen LogP contribution in [-0.2, 0) is 0 Å². The van der Waals surface area contributed by atoms with Crippen molar-refractivity contribution in [2.24, 2.45) is 11.7 Å². The summed E-state index contributed by atoms with van der Waals surface area (Å²) >= 11 is 0. The number of nitrogens with two attached hydrogens (primary N) is 1. The maximum atomic E-state index is 5.77. The Kier molecular flexibility index (Phi) is 2.31. The molecule has 1 aromatic rings. The Bertz CT molecular complexity index is 321. The second-order valence-corrected chi connectivity index (χ2v) is 4.46. The third kappa shape index (κ3) is 1.66. The molecule has 4 unspecified atom stereocenters. The van der Waals surface area contributed by atoms with E-state index >= 15 is 0 Å². The van der Waals surface area contributed by atoms with Crippen molar-refractivity contribution < 1.29 is 4.52 Å². The zero-order chi connectivity index (χ0) is 10.3. The number of rotatable bonds is 3. The van der Waals surface area contributed by atoms with Gasteiger partial charge in [-0.2, -0.15) is 4.98 Å². The van der Waals surface area contributed by atoms with Crippen molar-refractivity contribution in [3.63, 3.8) is 0 Å². The third-order valence-electron chi connectivity index (χ3n) is 3.08. The van der Waals surface area contributed by atoms with Crippen molar-refractivity contribution in [1.82, 2.24) is 10.1 Å². The normalized spacial score (nSPS) is 30.0. The van der Waals surface area contributed by atoms with E-state index in [1.807, 2.05) is 13.8 Å². The van der Waals surface area contributed by atoms with Gasteiger partial charge in [0, 0.05) is 12.0 Å². The lowest BCUT2D eigenvalue weighted by Gasteiger charge is -2.09. The Morgan fingerprint density at radius 1 is 1.50 bits per heavy atom. The highest BCUT2D eigenvalue weighted by atomic mass is 16.5. The molecule has 0 saturated heterocycles. The molecule has 1 heterocycles. The Labute approximate surface area is 83.9 Å². The van der Waals surface area contributed by atoms with Crippen molar-refractivity contribution in [3.05, 3.63) is 11.7 Å². The average molecular weight is 195 g/mol. The molecule has 1 saturated carbocycles. The van der Waals surface area contributed by atoms with Gasteiger partial charge in [0.1, 0.15) is 0 Å². The Hall–Kier alpha value is -0.900. The minimum absolute atomic E-state index is 0.0555. The van der Waals surface area contributed by atoms with Gasteiger partial charge in [-0.25, -0.2) is 0 Å². The van der Waals surface area contributed by atoms with Gasteiger partial charge < -0.3 is 10.3 Å². The first kappa shape index (κ1) is 9.65. The fourth-order valence-electron chi connectivity index (χ4n) is 1.49. The number of aromatic nitrogens is 2. The standard InChI is InChI=1S/C10H17N3O/c1-5-4-8(5)9-12-10(14-13-9)6(2)7(3)11/h5-8H,4,11H2,1-3H3. The highest BCUT2D eigenvalue weighted by Gasteiger charge is 2.38. The first-order valence-electron chi connectivity index (χ1n) is 5.18. The first-order valence-corrected chi connectivity index (χ1v) is 5.18. The Morgan fingerprint density at radius 3 is 2.64 bits per heavy atom. The number of nitrogens with zero attached hydrogens (tertiary/aromatic N) is 2. The summed E-state index contributed by atoms with van der Waals surface area (Å²) in [7, 11) is 0. The lowest BCUT2D eigenvalue weighted by Crippen LogP contribution is -2.22. The zero-order valence-corrected chi connectivity index (χ0v) is 8.90. The maximum absolute atomic E-state index is 5.77. The summed E-state index contributed by atoms with van der Waals surface area (Å²) in [4.78, 5) is 4.39. The van der Waals surface area contributed by atoms with Crippen LogP contribution in [0.3, 0.4) is 0 Å². The smallest absolute Gasteiger partial charge is 0.231 e. The molecule has 78 valence electrons. The van der Waals surface area contributed by atoms with Crippen LogP contribution in [0.1, 0.15) is 50.7 Å². The van der Waals surface area contributed by atoms with Crippen LogP contribution in [0.15, 0.2) is 4.52 Å². The molecule has 1 aliphatic carbocycles. The highest BCUT2D eigenvalue weighted by Crippen LogP contribution is 2.45. The van der Waals surface area contributed by atoms with Crippen LogP contribution in [0, 0.1) is 5.92 Å². The van der Waals surface area contributed by atoms with Crippen molar-refractivity contribution in [2.75, 3.05) is 0 Å². The van der Waals surface area contributed by atoms with Crippen LogP contribution < -0.4 is 5.73 Å². The lowest BCUT2D eigenvalue weighted by atomic mass is 10.1. The van der Waals surface area contributed by atoms with Gasteiger partial charge in [0.05, 0.1) is 5.92 Å². The molecule has 4 atom stereocenters. The fourth-order valence-corrected chi connectivity index (χ4v) is 1.49. The Morgan fingerprint density at radius 2 is 2.14 bits per heavy atom. The van der Waals surface area contributed by atoms with Gasteiger partial charge in [-0.1, -0.05) is 19.0 Å². The third-order valence-corrected chi connectivity index (χ3v) is 3.08. The van der Waals surface area contributed by atoms with E-state index in [0.717, 1.165) is 5.82 Å². The summed E-state index contributed by atoms with van der Waals surface area (Å²) in [5.74, 6) is 2.92. The molecule has 0 radical (unpaired) electrons. The molecule has 1 fully saturated rings. The molecule has 14 heavy (non-hydrogen) atoms. The van der Waals surface area contributed by atoms with Crippen LogP contribution >= 0.6 is 0 Å². The van der Waals surface area contributed by atoms with E-state index in [1.54, 1.807) is 0 Å². The van der Waals surface area contributed by atoms with E-state index in [-0.39, 0.29) is 12.0 Å². The number of hydrogen-bond acceptors (Lipinski definition) is 4. The average Bonchev–Trinajstić information content (AvgIpc) is 2.67. The van der Waals surface area contributed by atoms with Gasteiger partial charge >= 0.3 is 0 Å². The van der Waals surface area contributed by atoms with Gasteiger partial charge in [0.15, 0.2) is 5.82 Å². The monoisotopic (exact) mass is 195 g/mol. The SMILES string of the molecule is CC(N)C(C)c1nc(C2CC2C)no1. The van der Waals surface area contributed by atoms with Crippen molar-refractivity contribution in [1.29, 1.82) is 0 Å². The van der Waals surface area contributed by atoms with E-state index in [2.05, 4.69) is 17.1 Å². The van der Waals surface area contributed by atoms with E-state index in [1.165, 1.54) is 6.42 Å². The largest absolute Gasteiger partial charge is 0.339 e. The Balaban J connectivity index is 2.10. The molecule has 0 bridgehead atoms. The molecule has 4 heteroatoms. The van der Waals surface area contributed by atoms with E-state index in [4.69, 9.17) is 10.3 Å². The molecular formula is C10H17N3O. The summed E-state index contributed by atoms with van der Waals surface area (Å²) in [6, 6.07) is 0.0555. The van der Waals surface area contributed by atoms with Crippen LogP contribution in [0.4, 0.5) is 0 Å². The quantitative estimate of drug-likeness (QED) is 0.796. The van der Waals surface area contributed by atoms with Crippen molar-refractivity contribution >= 4 is 0 Å². The summed E-state index contributed by atoms with van der Waals surface area (Å²) in [5, 5.41) is 3.99. The molecule has 0 spiro atoms. The predicted molar refractivity (Wildman–Crippen MR) is 52.9 cm³/mol. The minimum atomic E-state index is 0.0555. The number of hydrogen-bond donors (Lipinski definition) is 1. The topological polar surface area (TPSA) is 64.9 Å².